The molecule has 9 heteroatoms. The first-order valence-electron chi connectivity index (χ1n) is 5.57. The predicted molar refractivity (Wildman–Crippen MR) is 66.2 cm³/mol. The minimum absolute atomic E-state index is 0.0505. The molecule has 0 aliphatic heterocycles. The number of aromatic nitrogens is 2. The standard InChI is InChI=1S/C12H10F3N3O3/c1-19-9-10(16)17-6-18-11(9)20-7-2-4-8(5-3-7)21-12(13,14)15/h2-6H,1H3,(H2,16,17,18). The molecule has 0 amide bonds. The highest BCUT2D eigenvalue weighted by Crippen LogP contribution is 2.33. The van der Waals surface area contributed by atoms with Gasteiger partial charge in [0.25, 0.3) is 5.88 Å². The van der Waals surface area contributed by atoms with Crippen LogP contribution < -0.4 is 19.9 Å². The monoisotopic (exact) mass is 301 g/mol. The van der Waals surface area contributed by atoms with Gasteiger partial charge in [0.15, 0.2) is 5.82 Å². The van der Waals surface area contributed by atoms with E-state index in [2.05, 4.69) is 14.7 Å². The summed E-state index contributed by atoms with van der Waals surface area (Å²) in [6.45, 7) is 0. The van der Waals surface area contributed by atoms with Crippen molar-refractivity contribution in [3.8, 4) is 23.1 Å². The largest absolute Gasteiger partial charge is 0.573 e. The maximum atomic E-state index is 12.0. The topological polar surface area (TPSA) is 79.5 Å². The van der Waals surface area contributed by atoms with E-state index in [0.29, 0.717) is 0 Å². The van der Waals surface area contributed by atoms with Gasteiger partial charge in [0.1, 0.15) is 17.8 Å². The summed E-state index contributed by atoms with van der Waals surface area (Å²) in [7, 11) is 1.36. The minimum Gasteiger partial charge on any atom is -0.489 e. The third kappa shape index (κ3) is 3.88. The van der Waals surface area contributed by atoms with Crippen LogP contribution in [0.4, 0.5) is 19.0 Å². The number of alkyl halides is 3. The number of nitrogens with two attached hydrogens (primary N) is 1. The van der Waals surface area contributed by atoms with Crippen LogP contribution in [-0.2, 0) is 0 Å². The number of anilines is 1. The zero-order valence-electron chi connectivity index (χ0n) is 10.7. The summed E-state index contributed by atoms with van der Waals surface area (Å²) >= 11 is 0. The van der Waals surface area contributed by atoms with E-state index in [1.165, 1.54) is 25.6 Å². The molecule has 2 aromatic rings. The lowest BCUT2D eigenvalue weighted by Gasteiger charge is -2.11. The number of ether oxygens (including phenoxy) is 3. The Morgan fingerprint density at radius 2 is 1.67 bits per heavy atom. The summed E-state index contributed by atoms with van der Waals surface area (Å²) in [5.74, 6) is 0.145. The molecule has 0 bridgehead atoms. The van der Waals surface area contributed by atoms with Gasteiger partial charge in [-0.05, 0) is 24.3 Å². The number of methoxy groups -OCH3 is 1. The highest BCUT2D eigenvalue weighted by atomic mass is 19.4. The molecule has 21 heavy (non-hydrogen) atoms. The maximum absolute atomic E-state index is 12.0. The van der Waals surface area contributed by atoms with Gasteiger partial charge in [0.2, 0.25) is 5.75 Å². The molecule has 0 aliphatic carbocycles. The molecule has 0 fully saturated rings. The van der Waals surface area contributed by atoms with Crippen LogP contribution in [0.25, 0.3) is 0 Å². The van der Waals surface area contributed by atoms with E-state index >= 15 is 0 Å². The zero-order valence-corrected chi connectivity index (χ0v) is 10.7. The fraction of sp³-hybridized carbons (Fsp3) is 0.167. The predicted octanol–water partition coefficient (Wildman–Crippen LogP) is 2.76. The van der Waals surface area contributed by atoms with Crippen molar-refractivity contribution in [3.05, 3.63) is 30.6 Å². The van der Waals surface area contributed by atoms with E-state index in [4.69, 9.17) is 15.2 Å². The van der Waals surface area contributed by atoms with E-state index in [1.54, 1.807) is 0 Å². The fourth-order valence-corrected chi connectivity index (χ4v) is 1.46. The van der Waals surface area contributed by atoms with Crippen LogP contribution in [0.2, 0.25) is 0 Å². The van der Waals surface area contributed by atoms with Crippen LogP contribution in [0.3, 0.4) is 0 Å². The van der Waals surface area contributed by atoms with Crippen molar-refractivity contribution in [1.29, 1.82) is 0 Å². The lowest BCUT2D eigenvalue weighted by molar-refractivity contribution is -0.274. The minimum atomic E-state index is -4.74. The molecule has 0 unspecified atom stereocenters. The fourth-order valence-electron chi connectivity index (χ4n) is 1.46. The highest BCUT2D eigenvalue weighted by molar-refractivity contribution is 5.52. The van der Waals surface area contributed by atoms with E-state index < -0.39 is 6.36 Å². The van der Waals surface area contributed by atoms with Gasteiger partial charge in [-0.15, -0.1) is 13.2 Å². The van der Waals surface area contributed by atoms with Gasteiger partial charge in [-0.2, -0.15) is 4.98 Å². The number of halogens is 3. The van der Waals surface area contributed by atoms with Crippen molar-refractivity contribution in [3.63, 3.8) is 0 Å². The molecular weight excluding hydrogens is 291 g/mol. The van der Waals surface area contributed by atoms with E-state index in [-0.39, 0.29) is 28.9 Å². The number of benzene rings is 1. The molecule has 0 atom stereocenters. The summed E-state index contributed by atoms with van der Waals surface area (Å²) in [6.07, 6.45) is -3.57. The van der Waals surface area contributed by atoms with Gasteiger partial charge in [0.05, 0.1) is 7.11 Å². The number of hydrogen-bond acceptors (Lipinski definition) is 6. The molecule has 1 heterocycles. The Labute approximate surface area is 117 Å². The molecule has 0 aliphatic rings. The van der Waals surface area contributed by atoms with Crippen molar-refractivity contribution in [2.45, 2.75) is 6.36 Å². The van der Waals surface area contributed by atoms with Crippen molar-refractivity contribution >= 4 is 5.82 Å². The molecule has 0 saturated heterocycles. The van der Waals surface area contributed by atoms with Crippen LogP contribution in [0, 0.1) is 0 Å². The summed E-state index contributed by atoms with van der Waals surface area (Å²) in [4.78, 5) is 7.56. The van der Waals surface area contributed by atoms with Crippen LogP contribution >= 0.6 is 0 Å². The molecule has 2 N–H and O–H groups in total. The van der Waals surface area contributed by atoms with Crippen LogP contribution in [0.5, 0.6) is 23.1 Å². The molecule has 6 nitrogen and oxygen atoms in total. The Balaban J connectivity index is 2.16. The molecule has 1 aromatic carbocycles. The smallest absolute Gasteiger partial charge is 0.489 e. The SMILES string of the molecule is COc1c(N)ncnc1Oc1ccc(OC(F)(F)F)cc1. The lowest BCUT2D eigenvalue weighted by atomic mass is 10.3. The quantitative estimate of drug-likeness (QED) is 0.935. The molecule has 0 spiro atoms. The summed E-state index contributed by atoms with van der Waals surface area (Å²) in [6, 6.07) is 4.80. The number of nitrogen functional groups attached to an aromatic ring is 1. The van der Waals surface area contributed by atoms with E-state index in [9.17, 15) is 13.2 Å². The maximum Gasteiger partial charge on any atom is 0.573 e. The molecule has 2 rings (SSSR count). The third-order valence-electron chi connectivity index (χ3n) is 2.27. The van der Waals surface area contributed by atoms with Gasteiger partial charge in [-0.1, -0.05) is 0 Å². The van der Waals surface area contributed by atoms with Crippen LogP contribution in [0.1, 0.15) is 0 Å². The Kier molecular flexibility index (Phi) is 4.01. The third-order valence-corrected chi connectivity index (χ3v) is 2.27. The molecule has 1 aromatic heterocycles. The Bertz CT molecular complexity index is 617. The van der Waals surface area contributed by atoms with Crippen molar-refractivity contribution in [1.82, 2.24) is 9.97 Å². The van der Waals surface area contributed by atoms with Gasteiger partial charge in [-0.3, -0.25) is 0 Å². The van der Waals surface area contributed by atoms with Crippen LogP contribution in [-0.4, -0.2) is 23.4 Å². The number of rotatable bonds is 4. The average Bonchev–Trinajstić information content (AvgIpc) is 2.40. The first-order chi connectivity index (χ1) is 9.89. The second kappa shape index (κ2) is 5.73. The summed E-state index contributed by atoms with van der Waals surface area (Å²) in [5.41, 5.74) is 5.58. The van der Waals surface area contributed by atoms with Crippen molar-refractivity contribution in [2.75, 3.05) is 12.8 Å². The first kappa shape index (κ1) is 14.7. The lowest BCUT2D eigenvalue weighted by Crippen LogP contribution is -2.16. The molecule has 0 saturated carbocycles. The van der Waals surface area contributed by atoms with Gasteiger partial charge >= 0.3 is 6.36 Å². The van der Waals surface area contributed by atoms with Gasteiger partial charge in [0, 0.05) is 0 Å². The Hall–Kier alpha value is -2.71. The summed E-state index contributed by atoms with van der Waals surface area (Å²) < 4.78 is 50.2. The van der Waals surface area contributed by atoms with E-state index in [0.717, 1.165) is 12.1 Å². The molecular formula is C12H10F3N3O3. The number of nitrogens with zero attached hydrogens (tertiary/aromatic N) is 2. The van der Waals surface area contributed by atoms with Crippen molar-refractivity contribution < 1.29 is 27.4 Å². The average molecular weight is 301 g/mol. The van der Waals surface area contributed by atoms with Crippen LogP contribution in [0.15, 0.2) is 30.6 Å². The number of hydrogen-bond donors (Lipinski definition) is 1. The Morgan fingerprint density at radius 3 is 2.24 bits per heavy atom. The Morgan fingerprint density at radius 1 is 1.05 bits per heavy atom. The van der Waals surface area contributed by atoms with Gasteiger partial charge in [-0.25, -0.2) is 4.98 Å². The van der Waals surface area contributed by atoms with E-state index in [1.807, 2.05) is 0 Å². The molecule has 0 radical (unpaired) electrons. The van der Waals surface area contributed by atoms with Gasteiger partial charge < -0.3 is 19.9 Å². The molecule has 112 valence electrons. The summed E-state index contributed by atoms with van der Waals surface area (Å²) in [5, 5.41) is 0. The first-order valence-corrected chi connectivity index (χ1v) is 5.57. The van der Waals surface area contributed by atoms with Crippen molar-refractivity contribution in [2.24, 2.45) is 0 Å². The second-order valence-electron chi connectivity index (χ2n) is 3.72. The second-order valence-corrected chi connectivity index (χ2v) is 3.72. The zero-order chi connectivity index (χ0) is 15.5. The highest BCUT2D eigenvalue weighted by Gasteiger charge is 2.31. The normalized spacial score (nSPS) is 11.0.